The Bertz CT molecular complexity index is 1350. The van der Waals surface area contributed by atoms with E-state index in [0.29, 0.717) is 27.7 Å². The van der Waals surface area contributed by atoms with E-state index >= 15 is 0 Å². The van der Waals surface area contributed by atoms with E-state index in [4.69, 9.17) is 0 Å². The van der Waals surface area contributed by atoms with E-state index in [1.54, 1.807) is 24.3 Å². The number of aryl methyl sites for hydroxylation is 2. The number of hydrogen-bond acceptors (Lipinski definition) is 7. The van der Waals surface area contributed by atoms with E-state index < -0.39 is 4.92 Å². The van der Waals surface area contributed by atoms with Crippen LogP contribution >= 0.6 is 11.8 Å². The number of carbonyl (C=O) groups excluding carboxylic acids is 1. The van der Waals surface area contributed by atoms with Crippen LogP contribution in [0.4, 0.5) is 5.69 Å². The van der Waals surface area contributed by atoms with Crippen LogP contribution in [-0.2, 0) is 0 Å². The number of aromatic nitrogens is 3. The van der Waals surface area contributed by atoms with Crippen LogP contribution in [0, 0.1) is 24.0 Å². The standard InChI is InChI=1S/C23H18N4O4S/c1-14-7-9-19(15(2)11-14)26-22(18-5-3-4-6-20(18)29)24-25-23(26)32-21-10-8-17(27(30)31)12-16(21)13-28/h3-13,29H,1-2H3. The molecule has 9 heteroatoms. The van der Waals surface area contributed by atoms with Gasteiger partial charge in [0.15, 0.2) is 12.1 Å². The zero-order valence-electron chi connectivity index (χ0n) is 17.2. The lowest BCUT2D eigenvalue weighted by molar-refractivity contribution is -0.384. The molecule has 4 aromatic rings. The van der Waals surface area contributed by atoms with Crippen molar-refractivity contribution in [3.63, 3.8) is 0 Å². The van der Waals surface area contributed by atoms with Gasteiger partial charge in [-0.3, -0.25) is 19.5 Å². The fourth-order valence-corrected chi connectivity index (χ4v) is 4.29. The lowest BCUT2D eigenvalue weighted by Crippen LogP contribution is -2.03. The molecule has 1 heterocycles. The van der Waals surface area contributed by atoms with Gasteiger partial charge in [0.05, 0.1) is 16.2 Å². The summed E-state index contributed by atoms with van der Waals surface area (Å²) in [5, 5.41) is 30.6. The highest BCUT2D eigenvalue weighted by molar-refractivity contribution is 7.99. The molecule has 32 heavy (non-hydrogen) atoms. The molecule has 0 spiro atoms. The van der Waals surface area contributed by atoms with Crippen molar-refractivity contribution in [2.24, 2.45) is 0 Å². The van der Waals surface area contributed by atoms with Crippen molar-refractivity contribution in [3.05, 3.63) is 87.5 Å². The van der Waals surface area contributed by atoms with E-state index in [1.165, 1.54) is 30.0 Å². The summed E-state index contributed by atoms with van der Waals surface area (Å²) in [5.74, 6) is 0.499. The second-order valence-corrected chi connectivity index (χ2v) is 8.16. The van der Waals surface area contributed by atoms with Crippen molar-refractivity contribution in [2.45, 2.75) is 23.9 Å². The topological polar surface area (TPSA) is 111 Å². The van der Waals surface area contributed by atoms with Gasteiger partial charge < -0.3 is 5.11 Å². The average Bonchev–Trinajstić information content (AvgIpc) is 3.17. The van der Waals surface area contributed by atoms with Gasteiger partial charge in [-0.2, -0.15) is 0 Å². The number of nitro groups is 1. The molecule has 1 N–H and O–H groups in total. The summed E-state index contributed by atoms with van der Waals surface area (Å²) in [6.07, 6.45) is 0.580. The Hall–Kier alpha value is -3.98. The molecule has 0 aliphatic carbocycles. The molecular formula is C23H18N4O4S. The first kappa shape index (κ1) is 21.3. The molecule has 0 fully saturated rings. The van der Waals surface area contributed by atoms with Gasteiger partial charge in [0, 0.05) is 22.6 Å². The van der Waals surface area contributed by atoms with Gasteiger partial charge >= 0.3 is 0 Å². The molecule has 0 amide bonds. The van der Waals surface area contributed by atoms with E-state index in [9.17, 15) is 20.0 Å². The third-order valence-electron chi connectivity index (χ3n) is 4.90. The van der Waals surface area contributed by atoms with Crippen LogP contribution in [0.3, 0.4) is 0 Å². The van der Waals surface area contributed by atoms with Gasteiger partial charge in [-0.05, 0) is 55.4 Å². The largest absolute Gasteiger partial charge is 0.507 e. The van der Waals surface area contributed by atoms with Crippen LogP contribution in [-0.4, -0.2) is 31.1 Å². The van der Waals surface area contributed by atoms with Crippen LogP contribution in [0.2, 0.25) is 0 Å². The average molecular weight is 446 g/mol. The summed E-state index contributed by atoms with van der Waals surface area (Å²) < 4.78 is 1.81. The third-order valence-corrected chi connectivity index (χ3v) is 5.94. The summed E-state index contributed by atoms with van der Waals surface area (Å²) in [4.78, 5) is 22.6. The zero-order valence-corrected chi connectivity index (χ0v) is 18.0. The first-order chi connectivity index (χ1) is 15.4. The molecule has 0 aliphatic rings. The number of nitro benzene ring substituents is 1. The van der Waals surface area contributed by atoms with E-state index in [0.717, 1.165) is 16.8 Å². The molecule has 0 bridgehead atoms. The van der Waals surface area contributed by atoms with Crippen LogP contribution in [0.15, 0.2) is 70.7 Å². The Labute approximate surface area is 187 Å². The van der Waals surface area contributed by atoms with Crippen LogP contribution in [0.1, 0.15) is 21.5 Å². The summed E-state index contributed by atoms with van der Waals surface area (Å²) in [7, 11) is 0. The highest BCUT2D eigenvalue weighted by Gasteiger charge is 2.21. The first-order valence-electron chi connectivity index (χ1n) is 9.62. The quantitative estimate of drug-likeness (QED) is 0.248. The van der Waals surface area contributed by atoms with Gasteiger partial charge in [0.2, 0.25) is 5.16 Å². The Morgan fingerprint density at radius 3 is 2.53 bits per heavy atom. The number of nitrogens with zero attached hydrogens (tertiary/aromatic N) is 4. The van der Waals surface area contributed by atoms with Crippen molar-refractivity contribution in [2.75, 3.05) is 0 Å². The second-order valence-electron chi connectivity index (χ2n) is 7.15. The molecule has 0 radical (unpaired) electrons. The second kappa shape index (κ2) is 8.64. The van der Waals surface area contributed by atoms with E-state index in [-0.39, 0.29) is 17.0 Å². The number of para-hydroxylation sites is 1. The van der Waals surface area contributed by atoms with Crippen LogP contribution in [0.25, 0.3) is 17.1 Å². The Balaban J connectivity index is 1.90. The van der Waals surface area contributed by atoms with Crippen molar-refractivity contribution in [3.8, 4) is 22.8 Å². The normalized spacial score (nSPS) is 10.8. The summed E-state index contributed by atoms with van der Waals surface area (Å²) >= 11 is 1.17. The van der Waals surface area contributed by atoms with Crippen molar-refractivity contribution >= 4 is 23.7 Å². The third kappa shape index (κ3) is 3.97. The van der Waals surface area contributed by atoms with Gasteiger partial charge in [-0.25, -0.2) is 0 Å². The molecule has 1 aromatic heterocycles. The monoisotopic (exact) mass is 446 g/mol. The van der Waals surface area contributed by atoms with Crippen LogP contribution in [0.5, 0.6) is 5.75 Å². The van der Waals surface area contributed by atoms with Gasteiger partial charge in [-0.1, -0.05) is 29.8 Å². The number of carbonyl (C=O) groups is 1. The maximum atomic E-state index is 11.6. The maximum absolute atomic E-state index is 11.6. The lowest BCUT2D eigenvalue weighted by atomic mass is 10.1. The summed E-state index contributed by atoms with van der Waals surface area (Å²) in [6, 6.07) is 16.9. The number of hydrogen-bond donors (Lipinski definition) is 1. The smallest absolute Gasteiger partial charge is 0.270 e. The molecule has 0 saturated heterocycles. The number of phenols is 1. The van der Waals surface area contributed by atoms with Crippen molar-refractivity contribution < 1.29 is 14.8 Å². The highest BCUT2D eigenvalue weighted by atomic mass is 32.2. The molecule has 3 aromatic carbocycles. The predicted molar refractivity (Wildman–Crippen MR) is 121 cm³/mol. The fourth-order valence-electron chi connectivity index (χ4n) is 3.38. The van der Waals surface area contributed by atoms with Crippen molar-refractivity contribution in [1.29, 1.82) is 0 Å². The maximum Gasteiger partial charge on any atom is 0.270 e. The minimum Gasteiger partial charge on any atom is -0.507 e. The van der Waals surface area contributed by atoms with Crippen molar-refractivity contribution in [1.82, 2.24) is 14.8 Å². The Kier molecular flexibility index (Phi) is 5.74. The molecule has 0 unspecified atom stereocenters. The van der Waals surface area contributed by atoms with Gasteiger partial charge in [0.25, 0.3) is 5.69 Å². The fraction of sp³-hybridized carbons (Fsp3) is 0.0870. The van der Waals surface area contributed by atoms with Crippen LogP contribution < -0.4 is 0 Å². The Morgan fingerprint density at radius 1 is 1.06 bits per heavy atom. The molecule has 0 atom stereocenters. The van der Waals surface area contributed by atoms with Gasteiger partial charge in [-0.15, -0.1) is 10.2 Å². The van der Waals surface area contributed by atoms with Gasteiger partial charge in [0.1, 0.15) is 5.75 Å². The number of non-ortho nitro benzene ring substituents is 1. The first-order valence-corrected chi connectivity index (χ1v) is 10.4. The minimum atomic E-state index is -0.546. The molecular weight excluding hydrogens is 428 g/mol. The molecule has 8 nitrogen and oxygen atoms in total. The molecule has 0 aliphatic heterocycles. The number of benzene rings is 3. The molecule has 0 saturated carbocycles. The number of phenolic OH excluding ortho intramolecular Hbond substituents is 1. The number of aldehydes is 1. The highest BCUT2D eigenvalue weighted by Crippen LogP contribution is 2.37. The minimum absolute atomic E-state index is 0.0615. The Morgan fingerprint density at radius 2 is 1.84 bits per heavy atom. The number of rotatable bonds is 6. The number of aromatic hydroxyl groups is 1. The summed E-state index contributed by atoms with van der Waals surface area (Å²) in [5.41, 5.74) is 3.41. The van der Waals surface area contributed by atoms with E-state index in [1.807, 2.05) is 36.6 Å². The zero-order chi connectivity index (χ0) is 22.8. The lowest BCUT2D eigenvalue weighted by Gasteiger charge is -2.14. The summed E-state index contributed by atoms with van der Waals surface area (Å²) in [6.45, 7) is 3.96. The SMILES string of the molecule is Cc1ccc(-n2c(Sc3ccc([N+](=O)[O-])cc3C=O)nnc2-c2ccccc2O)c(C)c1. The molecule has 4 rings (SSSR count). The molecule has 160 valence electrons. The van der Waals surface area contributed by atoms with E-state index in [2.05, 4.69) is 10.2 Å². The predicted octanol–water partition coefficient (Wildman–Crippen LogP) is 5.13.